The van der Waals surface area contributed by atoms with Gasteiger partial charge < -0.3 is 16.0 Å². The van der Waals surface area contributed by atoms with E-state index in [9.17, 15) is 9.59 Å². The van der Waals surface area contributed by atoms with Crippen molar-refractivity contribution >= 4 is 23.6 Å². The van der Waals surface area contributed by atoms with Crippen LogP contribution >= 0.6 is 0 Å². The number of hydrogen-bond donors (Lipinski definition) is 2. The number of benzene rings is 1. The number of piperazine rings is 1. The van der Waals surface area contributed by atoms with Crippen LogP contribution in [0, 0.1) is 0 Å². The number of nitrogen functional groups attached to an aromatic ring is 1. The maximum atomic E-state index is 12.2. The Morgan fingerprint density at radius 1 is 1.45 bits per heavy atom. The van der Waals surface area contributed by atoms with Crippen LogP contribution in [0.2, 0.25) is 0 Å². The van der Waals surface area contributed by atoms with Crippen molar-refractivity contribution < 1.29 is 9.59 Å². The summed E-state index contributed by atoms with van der Waals surface area (Å²) in [6.45, 7) is 2.96. The van der Waals surface area contributed by atoms with E-state index in [1.807, 2.05) is 19.1 Å². The Hall–Kier alpha value is -2.30. The fraction of sp³-hybridized carbons (Fsp3) is 0.333. The van der Waals surface area contributed by atoms with Gasteiger partial charge in [-0.3, -0.25) is 9.59 Å². The number of nitrogens with zero attached hydrogens (tertiary/aromatic N) is 1. The second kappa shape index (κ2) is 6.23. The molecule has 20 heavy (non-hydrogen) atoms. The molecule has 1 aliphatic rings. The summed E-state index contributed by atoms with van der Waals surface area (Å²) in [7, 11) is 0. The number of anilines is 1. The third kappa shape index (κ3) is 3.17. The monoisotopic (exact) mass is 273 g/mol. The van der Waals surface area contributed by atoms with Crippen LogP contribution in [0.3, 0.4) is 0 Å². The van der Waals surface area contributed by atoms with E-state index in [0.29, 0.717) is 25.2 Å². The van der Waals surface area contributed by atoms with Crippen LogP contribution in [0.1, 0.15) is 18.9 Å². The Bertz CT molecular complexity index is 522. The Morgan fingerprint density at radius 3 is 2.80 bits per heavy atom. The summed E-state index contributed by atoms with van der Waals surface area (Å²) in [5.41, 5.74) is 7.20. The Labute approximate surface area is 118 Å². The van der Waals surface area contributed by atoms with Crippen molar-refractivity contribution in [1.82, 2.24) is 10.2 Å². The van der Waals surface area contributed by atoms with Gasteiger partial charge in [0.25, 0.3) is 0 Å². The number of nitrogens with two attached hydrogens (primary N) is 1. The highest BCUT2D eigenvalue weighted by molar-refractivity contribution is 5.96. The van der Waals surface area contributed by atoms with Crippen molar-refractivity contribution in [2.24, 2.45) is 0 Å². The molecule has 0 aliphatic carbocycles. The average Bonchev–Trinajstić information content (AvgIpc) is 2.46. The molecule has 0 bridgehead atoms. The smallest absolute Gasteiger partial charge is 0.247 e. The first-order chi connectivity index (χ1) is 9.61. The minimum Gasteiger partial charge on any atom is -0.399 e. The molecular weight excluding hydrogens is 254 g/mol. The molecule has 3 N–H and O–H groups in total. The van der Waals surface area contributed by atoms with E-state index in [0.717, 1.165) is 5.56 Å². The molecule has 5 heteroatoms. The molecule has 0 spiro atoms. The highest BCUT2D eigenvalue weighted by Gasteiger charge is 2.30. The van der Waals surface area contributed by atoms with Gasteiger partial charge in [-0.25, -0.2) is 0 Å². The van der Waals surface area contributed by atoms with E-state index in [4.69, 9.17) is 5.73 Å². The summed E-state index contributed by atoms with van der Waals surface area (Å²) in [4.78, 5) is 25.5. The van der Waals surface area contributed by atoms with Gasteiger partial charge in [0.1, 0.15) is 6.04 Å². The van der Waals surface area contributed by atoms with Crippen molar-refractivity contribution in [2.45, 2.75) is 19.4 Å². The Balaban J connectivity index is 2.06. The molecule has 1 fully saturated rings. The number of nitrogens with one attached hydrogen (secondary N) is 1. The molecule has 1 aromatic rings. The molecule has 106 valence electrons. The highest BCUT2D eigenvalue weighted by Crippen LogP contribution is 2.11. The van der Waals surface area contributed by atoms with Gasteiger partial charge in [0, 0.05) is 24.9 Å². The lowest BCUT2D eigenvalue weighted by molar-refractivity contribution is -0.140. The lowest BCUT2D eigenvalue weighted by Crippen LogP contribution is -2.56. The normalized spacial score (nSPS) is 19.1. The predicted molar refractivity (Wildman–Crippen MR) is 78.7 cm³/mol. The van der Waals surface area contributed by atoms with Gasteiger partial charge in [-0.05, 0) is 30.2 Å². The third-order valence-corrected chi connectivity index (χ3v) is 3.36. The van der Waals surface area contributed by atoms with Crippen LogP contribution in [-0.2, 0) is 9.59 Å². The van der Waals surface area contributed by atoms with Crippen molar-refractivity contribution in [1.29, 1.82) is 0 Å². The van der Waals surface area contributed by atoms with E-state index in [-0.39, 0.29) is 17.9 Å². The van der Waals surface area contributed by atoms with Gasteiger partial charge in [-0.1, -0.05) is 19.1 Å². The molecule has 2 amide bonds. The summed E-state index contributed by atoms with van der Waals surface area (Å²) in [6.07, 6.45) is 3.86. The molecular formula is C15H19N3O2. The van der Waals surface area contributed by atoms with E-state index >= 15 is 0 Å². The highest BCUT2D eigenvalue weighted by atomic mass is 16.2. The lowest BCUT2D eigenvalue weighted by atomic mass is 10.1. The summed E-state index contributed by atoms with van der Waals surface area (Å²) in [5.74, 6) is -0.212. The summed E-state index contributed by atoms with van der Waals surface area (Å²) in [6, 6.07) is 6.90. The molecule has 0 saturated carbocycles. The van der Waals surface area contributed by atoms with Crippen molar-refractivity contribution in [3.8, 4) is 0 Å². The van der Waals surface area contributed by atoms with Gasteiger partial charge in [-0.2, -0.15) is 0 Å². The molecule has 0 aromatic heterocycles. The number of hydrogen-bond acceptors (Lipinski definition) is 3. The van der Waals surface area contributed by atoms with Crippen molar-refractivity contribution in [2.75, 3.05) is 18.8 Å². The maximum Gasteiger partial charge on any atom is 0.247 e. The van der Waals surface area contributed by atoms with Gasteiger partial charge in [0.05, 0.1) is 0 Å². The lowest BCUT2D eigenvalue weighted by Gasteiger charge is -2.33. The van der Waals surface area contributed by atoms with Gasteiger partial charge in [0.15, 0.2) is 0 Å². The summed E-state index contributed by atoms with van der Waals surface area (Å²) < 4.78 is 0. The topological polar surface area (TPSA) is 75.4 Å². The number of carbonyl (C=O) groups excluding carboxylic acids is 2. The van der Waals surface area contributed by atoms with Crippen LogP contribution in [0.5, 0.6) is 0 Å². The molecule has 0 radical (unpaired) electrons. The maximum absolute atomic E-state index is 12.2. The van der Waals surface area contributed by atoms with E-state index in [1.54, 1.807) is 23.1 Å². The van der Waals surface area contributed by atoms with Crippen LogP contribution in [-0.4, -0.2) is 35.8 Å². The van der Waals surface area contributed by atoms with Crippen LogP contribution in [0.25, 0.3) is 6.08 Å². The van der Waals surface area contributed by atoms with Gasteiger partial charge in [0.2, 0.25) is 11.8 Å². The van der Waals surface area contributed by atoms with Crippen LogP contribution in [0.4, 0.5) is 5.69 Å². The minimum atomic E-state index is -0.368. The standard InChI is InChI=1S/C15H19N3O2/c1-2-13-15(20)17-9-10-18(13)14(19)8-5-11-3-6-12(16)7-4-11/h3-8,13H,2,9-10,16H2,1H3,(H,17,20)/b8-5+. The molecule has 1 aliphatic heterocycles. The first kappa shape index (κ1) is 14.1. The molecule has 1 saturated heterocycles. The number of amides is 2. The fourth-order valence-electron chi connectivity index (χ4n) is 2.25. The molecule has 1 atom stereocenters. The van der Waals surface area contributed by atoms with E-state index in [1.165, 1.54) is 6.08 Å². The van der Waals surface area contributed by atoms with E-state index < -0.39 is 0 Å². The van der Waals surface area contributed by atoms with Crippen molar-refractivity contribution in [3.63, 3.8) is 0 Å². The van der Waals surface area contributed by atoms with E-state index in [2.05, 4.69) is 5.32 Å². The largest absolute Gasteiger partial charge is 0.399 e. The number of carbonyl (C=O) groups is 2. The first-order valence-corrected chi connectivity index (χ1v) is 6.73. The van der Waals surface area contributed by atoms with Gasteiger partial charge >= 0.3 is 0 Å². The molecule has 1 heterocycles. The Kier molecular flexibility index (Phi) is 4.40. The fourth-order valence-corrected chi connectivity index (χ4v) is 2.25. The van der Waals surface area contributed by atoms with Gasteiger partial charge in [-0.15, -0.1) is 0 Å². The number of rotatable bonds is 3. The van der Waals surface area contributed by atoms with Crippen molar-refractivity contribution in [3.05, 3.63) is 35.9 Å². The summed E-state index contributed by atoms with van der Waals surface area (Å²) >= 11 is 0. The SMILES string of the molecule is CCC1C(=O)NCCN1C(=O)/C=C/c1ccc(N)cc1. The van der Waals surface area contributed by atoms with Crippen LogP contribution < -0.4 is 11.1 Å². The minimum absolute atomic E-state index is 0.0759. The first-order valence-electron chi connectivity index (χ1n) is 6.73. The second-order valence-corrected chi connectivity index (χ2v) is 4.75. The molecule has 1 aromatic carbocycles. The molecule has 2 rings (SSSR count). The zero-order valence-electron chi connectivity index (χ0n) is 11.5. The predicted octanol–water partition coefficient (Wildman–Crippen LogP) is 1.02. The second-order valence-electron chi connectivity index (χ2n) is 4.75. The third-order valence-electron chi connectivity index (χ3n) is 3.36. The molecule has 1 unspecified atom stereocenters. The summed E-state index contributed by atoms with van der Waals surface area (Å²) in [5, 5.41) is 2.78. The van der Waals surface area contributed by atoms with Crippen LogP contribution in [0.15, 0.2) is 30.3 Å². The zero-order chi connectivity index (χ0) is 14.5. The average molecular weight is 273 g/mol. The Morgan fingerprint density at radius 2 is 2.15 bits per heavy atom. The molecule has 5 nitrogen and oxygen atoms in total. The zero-order valence-corrected chi connectivity index (χ0v) is 11.5. The quantitative estimate of drug-likeness (QED) is 0.637.